The van der Waals surface area contributed by atoms with Gasteiger partial charge in [0.2, 0.25) is 0 Å². The summed E-state index contributed by atoms with van der Waals surface area (Å²) in [5.41, 5.74) is 0.887. The van der Waals surface area contributed by atoms with Crippen molar-refractivity contribution in [1.29, 1.82) is 0 Å². The fourth-order valence-electron chi connectivity index (χ4n) is 1.35. The van der Waals surface area contributed by atoms with Crippen molar-refractivity contribution in [1.82, 2.24) is 0 Å². The van der Waals surface area contributed by atoms with Crippen LogP contribution < -0.4 is 4.74 Å². The second-order valence-corrected chi connectivity index (χ2v) is 5.49. The summed E-state index contributed by atoms with van der Waals surface area (Å²) in [6.45, 7) is 0.417. The molecule has 0 spiro atoms. The molecule has 1 nitrogen and oxygen atoms in total. The number of benzene rings is 2. The Hall–Kier alpha value is -0.450. The zero-order valence-corrected chi connectivity index (χ0v) is 12.5. The number of rotatable bonds is 3. The summed E-state index contributed by atoms with van der Waals surface area (Å²) >= 11 is 14.3. The van der Waals surface area contributed by atoms with Gasteiger partial charge in [-0.05, 0) is 52.9 Å². The predicted octanol–water partition coefficient (Wildman–Crippen LogP) is 5.18. The Kier molecular flexibility index (Phi) is 4.54. The van der Waals surface area contributed by atoms with Crippen molar-refractivity contribution < 1.29 is 4.74 Å². The molecule has 0 saturated heterocycles. The average molecular weight is 379 g/mol. The van der Waals surface area contributed by atoms with Crippen molar-refractivity contribution >= 4 is 45.8 Å². The van der Waals surface area contributed by atoms with Crippen LogP contribution in [0.3, 0.4) is 0 Å². The van der Waals surface area contributed by atoms with E-state index in [0.717, 1.165) is 11.3 Å². The van der Waals surface area contributed by atoms with E-state index in [2.05, 4.69) is 22.6 Å². The van der Waals surface area contributed by atoms with Crippen LogP contribution in [0.5, 0.6) is 5.75 Å². The van der Waals surface area contributed by atoms with E-state index in [1.54, 1.807) is 6.07 Å². The Morgan fingerprint density at radius 3 is 2.41 bits per heavy atom. The summed E-state index contributed by atoms with van der Waals surface area (Å²) in [4.78, 5) is 0. The first-order valence-corrected chi connectivity index (χ1v) is 6.81. The molecule has 0 heterocycles. The monoisotopic (exact) mass is 378 g/mol. The van der Waals surface area contributed by atoms with Gasteiger partial charge in [-0.25, -0.2) is 0 Å². The first-order valence-electron chi connectivity index (χ1n) is 4.98. The van der Waals surface area contributed by atoms with E-state index in [1.807, 2.05) is 36.4 Å². The minimum Gasteiger partial charge on any atom is -0.489 e. The molecule has 4 heteroatoms. The van der Waals surface area contributed by atoms with E-state index in [0.29, 0.717) is 16.7 Å². The van der Waals surface area contributed by atoms with Gasteiger partial charge in [-0.2, -0.15) is 0 Å². The summed E-state index contributed by atoms with van der Waals surface area (Å²) < 4.78 is 6.81. The second-order valence-electron chi connectivity index (χ2n) is 3.46. The molecule has 88 valence electrons. The van der Waals surface area contributed by atoms with Crippen molar-refractivity contribution in [2.45, 2.75) is 6.61 Å². The zero-order valence-electron chi connectivity index (χ0n) is 8.79. The highest BCUT2D eigenvalue weighted by atomic mass is 127. The summed E-state index contributed by atoms with van der Waals surface area (Å²) in [6.07, 6.45) is 0. The fraction of sp³-hybridized carbons (Fsp3) is 0.0769. The molecule has 17 heavy (non-hydrogen) atoms. The van der Waals surface area contributed by atoms with Crippen LogP contribution in [0.15, 0.2) is 42.5 Å². The van der Waals surface area contributed by atoms with Gasteiger partial charge < -0.3 is 4.74 Å². The van der Waals surface area contributed by atoms with Gasteiger partial charge in [-0.15, -0.1) is 0 Å². The molecule has 0 bridgehead atoms. The number of halogens is 3. The lowest BCUT2D eigenvalue weighted by molar-refractivity contribution is 0.306. The maximum atomic E-state index is 6.07. The van der Waals surface area contributed by atoms with Crippen LogP contribution in [0.1, 0.15) is 5.56 Å². The van der Waals surface area contributed by atoms with Crippen LogP contribution >= 0.6 is 45.8 Å². The van der Waals surface area contributed by atoms with Gasteiger partial charge >= 0.3 is 0 Å². The Bertz CT molecular complexity index is 511. The maximum absolute atomic E-state index is 6.07. The topological polar surface area (TPSA) is 9.23 Å². The van der Waals surface area contributed by atoms with Crippen molar-refractivity contribution in [3.63, 3.8) is 0 Å². The Balaban J connectivity index is 2.07. The van der Waals surface area contributed by atoms with Gasteiger partial charge in [0.25, 0.3) is 0 Å². The third-order valence-corrected chi connectivity index (χ3v) is 3.82. The van der Waals surface area contributed by atoms with Crippen LogP contribution in [0.2, 0.25) is 10.0 Å². The van der Waals surface area contributed by atoms with Gasteiger partial charge in [0.15, 0.2) is 0 Å². The van der Waals surface area contributed by atoms with Crippen LogP contribution in [0, 0.1) is 3.57 Å². The molecule has 0 atom stereocenters. The maximum Gasteiger partial charge on any atom is 0.119 e. The molecule has 0 aliphatic rings. The van der Waals surface area contributed by atoms with Gasteiger partial charge in [0.1, 0.15) is 12.4 Å². The number of hydrogen-bond donors (Lipinski definition) is 0. The molecule has 0 aromatic heterocycles. The van der Waals surface area contributed by atoms with E-state index >= 15 is 0 Å². The van der Waals surface area contributed by atoms with E-state index in [4.69, 9.17) is 27.9 Å². The lowest BCUT2D eigenvalue weighted by atomic mass is 10.2. The molecule has 2 aromatic carbocycles. The Morgan fingerprint density at radius 1 is 1.00 bits per heavy atom. The smallest absolute Gasteiger partial charge is 0.119 e. The molecule has 0 unspecified atom stereocenters. The SMILES string of the molecule is Clc1cccc(COc2ccc(I)cc2)c1Cl. The van der Waals surface area contributed by atoms with Gasteiger partial charge in [0, 0.05) is 9.13 Å². The third-order valence-electron chi connectivity index (χ3n) is 2.24. The molecular formula is C13H9Cl2IO. The normalized spacial score (nSPS) is 10.3. The number of ether oxygens (including phenoxy) is 1. The van der Waals surface area contributed by atoms with Gasteiger partial charge in [-0.3, -0.25) is 0 Å². The largest absolute Gasteiger partial charge is 0.489 e. The van der Waals surface area contributed by atoms with Gasteiger partial charge in [-0.1, -0.05) is 35.3 Å². The van der Waals surface area contributed by atoms with E-state index < -0.39 is 0 Å². The Labute approximate surface area is 124 Å². The molecule has 2 aromatic rings. The molecule has 2 rings (SSSR count). The van der Waals surface area contributed by atoms with Crippen molar-refractivity contribution in [2.75, 3.05) is 0 Å². The number of hydrogen-bond acceptors (Lipinski definition) is 1. The van der Waals surface area contributed by atoms with Crippen LogP contribution in [-0.2, 0) is 6.61 Å². The second kappa shape index (κ2) is 5.94. The highest BCUT2D eigenvalue weighted by molar-refractivity contribution is 14.1. The zero-order chi connectivity index (χ0) is 12.3. The summed E-state index contributed by atoms with van der Waals surface area (Å²) in [7, 11) is 0. The van der Waals surface area contributed by atoms with Crippen LogP contribution in [-0.4, -0.2) is 0 Å². The lowest BCUT2D eigenvalue weighted by Crippen LogP contribution is -1.96. The molecule has 0 amide bonds. The minimum atomic E-state index is 0.417. The van der Waals surface area contributed by atoms with E-state index in [-0.39, 0.29) is 0 Å². The molecule has 0 aliphatic heterocycles. The predicted molar refractivity (Wildman–Crippen MR) is 80.0 cm³/mol. The van der Waals surface area contributed by atoms with Crippen LogP contribution in [0.4, 0.5) is 0 Å². The quantitative estimate of drug-likeness (QED) is 0.669. The molecule has 0 fully saturated rings. The van der Waals surface area contributed by atoms with Crippen molar-refractivity contribution in [3.05, 3.63) is 61.6 Å². The molecule has 0 radical (unpaired) electrons. The molecule has 0 N–H and O–H groups in total. The van der Waals surface area contributed by atoms with E-state index in [1.165, 1.54) is 3.57 Å². The highest BCUT2D eigenvalue weighted by Gasteiger charge is 2.04. The van der Waals surface area contributed by atoms with Crippen molar-refractivity contribution in [3.8, 4) is 5.75 Å². The summed E-state index contributed by atoms with van der Waals surface area (Å²) in [6, 6.07) is 13.4. The summed E-state index contributed by atoms with van der Waals surface area (Å²) in [5, 5.41) is 1.11. The van der Waals surface area contributed by atoms with Crippen molar-refractivity contribution in [2.24, 2.45) is 0 Å². The Morgan fingerprint density at radius 2 is 1.71 bits per heavy atom. The van der Waals surface area contributed by atoms with E-state index in [9.17, 15) is 0 Å². The fourth-order valence-corrected chi connectivity index (χ4v) is 2.09. The molecule has 0 aliphatic carbocycles. The lowest BCUT2D eigenvalue weighted by Gasteiger charge is -2.08. The third kappa shape index (κ3) is 3.50. The van der Waals surface area contributed by atoms with Crippen LogP contribution in [0.25, 0.3) is 0 Å². The molecular weight excluding hydrogens is 370 g/mol. The first-order chi connectivity index (χ1) is 8.16. The standard InChI is InChI=1S/C13H9Cl2IO/c14-12-3-1-2-9(13(12)15)8-17-11-6-4-10(16)5-7-11/h1-7H,8H2. The first kappa shape index (κ1) is 13.0. The van der Waals surface area contributed by atoms with Gasteiger partial charge in [0.05, 0.1) is 10.0 Å². The minimum absolute atomic E-state index is 0.417. The highest BCUT2D eigenvalue weighted by Crippen LogP contribution is 2.26. The average Bonchev–Trinajstić information content (AvgIpc) is 2.33. The summed E-state index contributed by atoms with van der Waals surface area (Å²) in [5.74, 6) is 0.821. The molecule has 0 saturated carbocycles.